The molecule has 1 saturated heterocycles. The predicted molar refractivity (Wildman–Crippen MR) is 65.3 cm³/mol. The van der Waals surface area contributed by atoms with E-state index in [0.29, 0.717) is 31.7 Å². The van der Waals surface area contributed by atoms with Crippen LogP contribution in [0.2, 0.25) is 0 Å². The summed E-state index contributed by atoms with van der Waals surface area (Å²) in [6, 6.07) is 1.80. The molecular weight excluding hydrogens is 234 g/mol. The van der Waals surface area contributed by atoms with E-state index in [9.17, 15) is 9.59 Å². The van der Waals surface area contributed by atoms with Crippen LogP contribution in [0.25, 0.3) is 0 Å². The normalized spacial score (nSPS) is 15.7. The minimum Gasteiger partial charge on any atom is -0.453 e. The van der Waals surface area contributed by atoms with Gasteiger partial charge in [0.25, 0.3) is 5.91 Å². The van der Waals surface area contributed by atoms with Gasteiger partial charge in [-0.15, -0.1) is 0 Å². The number of carbonyl (C=O) groups is 2. The third-order valence-electron chi connectivity index (χ3n) is 3.08. The molecule has 98 valence electrons. The van der Waals surface area contributed by atoms with Crippen molar-refractivity contribution in [2.45, 2.75) is 0 Å². The van der Waals surface area contributed by atoms with Gasteiger partial charge in [-0.05, 0) is 6.07 Å². The molecule has 2 rings (SSSR count). The summed E-state index contributed by atoms with van der Waals surface area (Å²) in [6.07, 6.45) is 3.31. The Morgan fingerprint density at radius 2 is 1.78 bits per heavy atom. The largest absolute Gasteiger partial charge is 0.453 e. The van der Waals surface area contributed by atoms with Crippen LogP contribution >= 0.6 is 0 Å². The van der Waals surface area contributed by atoms with Gasteiger partial charge in [-0.2, -0.15) is 0 Å². The number of ether oxygens (including phenoxy) is 1. The van der Waals surface area contributed by atoms with Gasteiger partial charge in [-0.25, -0.2) is 4.79 Å². The number of amides is 2. The Kier molecular flexibility index (Phi) is 3.55. The summed E-state index contributed by atoms with van der Waals surface area (Å²) in [5.41, 5.74) is 0.684. The van der Waals surface area contributed by atoms with Gasteiger partial charge in [0, 0.05) is 45.6 Å². The number of nitrogens with zero attached hydrogens (tertiary/aromatic N) is 3. The number of hydrogen-bond donors (Lipinski definition) is 0. The molecule has 0 aliphatic carbocycles. The Morgan fingerprint density at radius 1 is 1.17 bits per heavy atom. The van der Waals surface area contributed by atoms with Gasteiger partial charge in [0.2, 0.25) is 0 Å². The van der Waals surface area contributed by atoms with Crippen molar-refractivity contribution >= 4 is 12.0 Å². The van der Waals surface area contributed by atoms with E-state index in [-0.39, 0.29) is 12.0 Å². The van der Waals surface area contributed by atoms with Gasteiger partial charge in [-0.3, -0.25) is 4.79 Å². The second kappa shape index (κ2) is 5.12. The van der Waals surface area contributed by atoms with Gasteiger partial charge >= 0.3 is 6.09 Å². The van der Waals surface area contributed by atoms with E-state index in [1.807, 2.05) is 17.8 Å². The van der Waals surface area contributed by atoms with Gasteiger partial charge in [0.05, 0.1) is 12.7 Å². The van der Waals surface area contributed by atoms with Crippen LogP contribution in [0.5, 0.6) is 0 Å². The first-order chi connectivity index (χ1) is 8.61. The fraction of sp³-hybridized carbons (Fsp3) is 0.500. The predicted octanol–water partition coefficient (Wildman–Crippen LogP) is 0.549. The third-order valence-corrected chi connectivity index (χ3v) is 3.08. The maximum atomic E-state index is 12.1. The molecule has 0 aromatic carbocycles. The lowest BCUT2D eigenvalue weighted by Gasteiger charge is -2.33. The average Bonchev–Trinajstić information content (AvgIpc) is 2.84. The van der Waals surface area contributed by atoms with E-state index >= 15 is 0 Å². The molecule has 1 aromatic heterocycles. The number of rotatable bonds is 1. The van der Waals surface area contributed by atoms with E-state index < -0.39 is 0 Å². The van der Waals surface area contributed by atoms with E-state index in [1.165, 1.54) is 7.11 Å². The van der Waals surface area contributed by atoms with Gasteiger partial charge in [-0.1, -0.05) is 0 Å². The molecule has 2 heterocycles. The highest BCUT2D eigenvalue weighted by molar-refractivity contribution is 5.94. The lowest BCUT2D eigenvalue weighted by Crippen LogP contribution is -2.50. The molecule has 0 radical (unpaired) electrons. The third kappa shape index (κ3) is 2.47. The number of methoxy groups -OCH3 is 1. The molecule has 0 N–H and O–H groups in total. The smallest absolute Gasteiger partial charge is 0.409 e. The molecule has 0 saturated carbocycles. The van der Waals surface area contributed by atoms with Gasteiger partial charge in [0.1, 0.15) is 0 Å². The standard InChI is InChI=1S/C12H17N3O3/c1-13-4-3-10(9-13)11(16)14-5-7-15(8-6-14)12(17)18-2/h3-4,9H,5-8H2,1-2H3. The summed E-state index contributed by atoms with van der Waals surface area (Å²) in [7, 11) is 3.25. The van der Waals surface area contributed by atoms with Crippen molar-refractivity contribution in [2.75, 3.05) is 33.3 Å². The summed E-state index contributed by atoms with van der Waals surface area (Å²) in [5.74, 6) is 0.0140. The monoisotopic (exact) mass is 251 g/mol. The van der Waals surface area contributed by atoms with E-state index in [0.717, 1.165) is 0 Å². The molecule has 6 nitrogen and oxygen atoms in total. The molecule has 1 aliphatic rings. The minimum absolute atomic E-state index is 0.0140. The second-order valence-electron chi connectivity index (χ2n) is 4.31. The molecular formula is C12H17N3O3. The fourth-order valence-electron chi connectivity index (χ4n) is 2.03. The summed E-state index contributed by atoms with van der Waals surface area (Å²) < 4.78 is 6.50. The average molecular weight is 251 g/mol. The second-order valence-corrected chi connectivity index (χ2v) is 4.31. The van der Waals surface area contributed by atoms with E-state index in [2.05, 4.69) is 4.74 Å². The lowest BCUT2D eigenvalue weighted by atomic mass is 10.2. The summed E-state index contributed by atoms with van der Waals surface area (Å²) in [4.78, 5) is 26.8. The number of hydrogen-bond acceptors (Lipinski definition) is 3. The zero-order valence-electron chi connectivity index (χ0n) is 10.6. The van der Waals surface area contributed by atoms with Crippen LogP contribution in [-0.4, -0.2) is 59.7 Å². The summed E-state index contributed by atoms with van der Waals surface area (Å²) in [6.45, 7) is 2.13. The Labute approximate surface area is 106 Å². The quantitative estimate of drug-likeness (QED) is 0.732. The fourth-order valence-corrected chi connectivity index (χ4v) is 2.03. The first kappa shape index (κ1) is 12.5. The maximum Gasteiger partial charge on any atom is 0.409 e. The first-order valence-corrected chi connectivity index (χ1v) is 5.86. The van der Waals surface area contributed by atoms with Crippen molar-refractivity contribution in [2.24, 2.45) is 7.05 Å². The van der Waals surface area contributed by atoms with Gasteiger partial charge < -0.3 is 19.1 Å². The summed E-state index contributed by atoms with van der Waals surface area (Å²) in [5, 5.41) is 0. The molecule has 0 unspecified atom stereocenters. The number of piperazine rings is 1. The van der Waals surface area contributed by atoms with Crippen molar-refractivity contribution in [1.29, 1.82) is 0 Å². The van der Waals surface area contributed by atoms with Crippen molar-refractivity contribution < 1.29 is 14.3 Å². The molecule has 18 heavy (non-hydrogen) atoms. The van der Waals surface area contributed by atoms with Crippen molar-refractivity contribution in [3.8, 4) is 0 Å². The molecule has 0 atom stereocenters. The lowest BCUT2D eigenvalue weighted by molar-refractivity contribution is 0.0599. The Morgan fingerprint density at radius 3 is 2.28 bits per heavy atom. The van der Waals surface area contributed by atoms with Crippen molar-refractivity contribution in [3.05, 3.63) is 24.0 Å². The molecule has 1 aliphatic heterocycles. The zero-order valence-corrected chi connectivity index (χ0v) is 10.6. The first-order valence-electron chi connectivity index (χ1n) is 5.86. The molecule has 0 bridgehead atoms. The zero-order chi connectivity index (χ0) is 13.1. The Hall–Kier alpha value is -1.98. The SMILES string of the molecule is COC(=O)N1CCN(C(=O)c2ccn(C)c2)CC1. The number of aromatic nitrogens is 1. The summed E-state index contributed by atoms with van der Waals surface area (Å²) >= 11 is 0. The van der Waals surface area contributed by atoms with Gasteiger partial charge in [0.15, 0.2) is 0 Å². The van der Waals surface area contributed by atoms with Crippen molar-refractivity contribution in [3.63, 3.8) is 0 Å². The highest BCUT2D eigenvalue weighted by Gasteiger charge is 2.25. The number of carbonyl (C=O) groups excluding carboxylic acids is 2. The maximum absolute atomic E-state index is 12.1. The van der Waals surface area contributed by atoms with Crippen LogP contribution in [0, 0.1) is 0 Å². The van der Waals surface area contributed by atoms with Crippen LogP contribution in [-0.2, 0) is 11.8 Å². The highest BCUT2D eigenvalue weighted by atomic mass is 16.5. The van der Waals surface area contributed by atoms with E-state index in [1.54, 1.807) is 22.1 Å². The topological polar surface area (TPSA) is 54.8 Å². The van der Waals surface area contributed by atoms with E-state index in [4.69, 9.17) is 0 Å². The number of aryl methyl sites for hydroxylation is 1. The molecule has 2 amide bonds. The van der Waals surface area contributed by atoms with Crippen LogP contribution in [0.15, 0.2) is 18.5 Å². The molecule has 1 aromatic rings. The van der Waals surface area contributed by atoms with Crippen molar-refractivity contribution in [1.82, 2.24) is 14.4 Å². The van der Waals surface area contributed by atoms with Crippen LogP contribution < -0.4 is 0 Å². The molecule has 6 heteroatoms. The minimum atomic E-state index is -0.332. The molecule has 1 fully saturated rings. The van der Waals surface area contributed by atoms with Crippen LogP contribution in [0.4, 0.5) is 4.79 Å². The van der Waals surface area contributed by atoms with Crippen LogP contribution in [0.3, 0.4) is 0 Å². The Balaban J connectivity index is 1.94. The van der Waals surface area contributed by atoms with Crippen LogP contribution in [0.1, 0.15) is 10.4 Å². The highest BCUT2D eigenvalue weighted by Crippen LogP contribution is 2.09. The molecule has 0 spiro atoms. The Bertz CT molecular complexity index is 447.